The average Bonchev–Trinajstić information content (AvgIpc) is 2.54. The van der Waals surface area contributed by atoms with Crippen molar-refractivity contribution in [1.82, 2.24) is 10.3 Å². The minimum Gasteiger partial charge on any atom is -0.445 e. The van der Waals surface area contributed by atoms with Gasteiger partial charge in [0.1, 0.15) is 5.76 Å². The van der Waals surface area contributed by atoms with E-state index in [0.29, 0.717) is 24.1 Å². The van der Waals surface area contributed by atoms with E-state index in [1.165, 1.54) is 25.7 Å². The smallest absolute Gasteiger partial charge is 0.227 e. The summed E-state index contributed by atoms with van der Waals surface area (Å²) < 4.78 is 5.43. The number of carbonyl (C=O) groups excluding carboxylic acids is 1. The number of amides is 1. The molecule has 0 atom stereocenters. The highest BCUT2D eigenvalue weighted by Crippen LogP contribution is 2.17. The number of carbonyl (C=O) groups is 1. The fourth-order valence-electron chi connectivity index (χ4n) is 2.59. The second-order valence-corrected chi connectivity index (χ2v) is 5.17. The van der Waals surface area contributed by atoms with Gasteiger partial charge in [0.2, 0.25) is 5.91 Å². The van der Waals surface area contributed by atoms with Crippen LogP contribution in [0, 0.1) is 13.8 Å². The van der Waals surface area contributed by atoms with Crippen LogP contribution in [0.5, 0.6) is 0 Å². The maximum Gasteiger partial charge on any atom is 0.227 e. The molecule has 1 aromatic rings. The molecule has 1 heterocycles. The van der Waals surface area contributed by atoms with Gasteiger partial charge >= 0.3 is 0 Å². The maximum atomic E-state index is 12.0. The van der Waals surface area contributed by atoms with Crippen molar-refractivity contribution in [3.05, 3.63) is 17.3 Å². The zero-order valence-electron chi connectivity index (χ0n) is 11.3. The molecule has 1 saturated carbocycles. The van der Waals surface area contributed by atoms with Gasteiger partial charge in [-0.05, 0) is 19.8 Å². The molecule has 18 heavy (non-hydrogen) atoms. The number of nitrogens with zero attached hydrogens (tertiary/aromatic N) is 1. The molecule has 1 aromatic heterocycles. The van der Waals surface area contributed by atoms with Crippen LogP contribution >= 0.6 is 0 Å². The van der Waals surface area contributed by atoms with E-state index in [0.717, 1.165) is 18.5 Å². The van der Waals surface area contributed by atoms with Crippen molar-refractivity contribution in [2.45, 2.75) is 64.8 Å². The first-order valence-corrected chi connectivity index (χ1v) is 6.87. The van der Waals surface area contributed by atoms with Crippen molar-refractivity contribution in [2.75, 3.05) is 0 Å². The lowest BCUT2D eigenvalue weighted by Crippen LogP contribution is -2.35. The topological polar surface area (TPSA) is 55.1 Å². The van der Waals surface area contributed by atoms with E-state index in [4.69, 9.17) is 4.42 Å². The SMILES string of the molecule is Cc1nc(C)c(CC(=O)NC2CCCCCC2)o1. The highest BCUT2D eigenvalue weighted by molar-refractivity contribution is 5.78. The number of oxazole rings is 1. The molecule has 0 aromatic carbocycles. The Morgan fingerprint density at radius 2 is 1.94 bits per heavy atom. The van der Waals surface area contributed by atoms with Gasteiger partial charge in [-0.3, -0.25) is 4.79 Å². The predicted octanol–water partition coefficient (Wildman–Crippen LogP) is 2.67. The third kappa shape index (κ3) is 3.59. The van der Waals surface area contributed by atoms with E-state index in [1.807, 2.05) is 6.92 Å². The number of rotatable bonds is 3. The minimum atomic E-state index is 0.0566. The largest absolute Gasteiger partial charge is 0.445 e. The fraction of sp³-hybridized carbons (Fsp3) is 0.714. The minimum absolute atomic E-state index is 0.0566. The van der Waals surface area contributed by atoms with Crippen molar-refractivity contribution >= 4 is 5.91 Å². The van der Waals surface area contributed by atoms with Crippen LogP contribution < -0.4 is 5.32 Å². The first-order valence-electron chi connectivity index (χ1n) is 6.87. The van der Waals surface area contributed by atoms with Crippen LogP contribution in [0.15, 0.2) is 4.42 Å². The summed E-state index contributed by atoms with van der Waals surface area (Å²) in [5, 5.41) is 3.12. The summed E-state index contributed by atoms with van der Waals surface area (Å²) in [5.41, 5.74) is 0.823. The van der Waals surface area contributed by atoms with E-state index < -0.39 is 0 Å². The molecule has 0 radical (unpaired) electrons. The molecular formula is C14H22N2O2. The van der Waals surface area contributed by atoms with E-state index >= 15 is 0 Å². The van der Waals surface area contributed by atoms with Crippen molar-refractivity contribution in [3.8, 4) is 0 Å². The highest BCUT2D eigenvalue weighted by Gasteiger charge is 2.17. The lowest BCUT2D eigenvalue weighted by Gasteiger charge is -2.15. The van der Waals surface area contributed by atoms with Crippen LogP contribution in [0.1, 0.15) is 55.9 Å². The molecule has 0 unspecified atom stereocenters. The van der Waals surface area contributed by atoms with Gasteiger partial charge in [0, 0.05) is 13.0 Å². The second-order valence-electron chi connectivity index (χ2n) is 5.17. The molecule has 1 aliphatic carbocycles. The standard InChI is InChI=1S/C14H22N2O2/c1-10-13(18-11(2)15-10)9-14(17)16-12-7-5-3-4-6-8-12/h12H,3-9H2,1-2H3,(H,16,17). The molecule has 4 heteroatoms. The lowest BCUT2D eigenvalue weighted by molar-refractivity contribution is -0.121. The Bertz CT molecular complexity index is 404. The number of nitrogens with one attached hydrogen (secondary N) is 1. The molecule has 100 valence electrons. The zero-order chi connectivity index (χ0) is 13.0. The van der Waals surface area contributed by atoms with E-state index in [9.17, 15) is 4.79 Å². The van der Waals surface area contributed by atoms with Gasteiger partial charge in [-0.2, -0.15) is 0 Å². The van der Waals surface area contributed by atoms with Gasteiger partial charge in [0.05, 0.1) is 12.1 Å². The number of hydrogen-bond acceptors (Lipinski definition) is 3. The Kier molecular flexibility index (Phi) is 4.39. The lowest BCUT2D eigenvalue weighted by atomic mass is 10.1. The van der Waals surface area contributed by atoms with E-state index in [2.05, 4.69) is 10.3 Å². The Balaban J connectivity index is 1.86. The first-order chi connectivity index (χ1) is 8.65. The number of aryl methyl sites for hydroxylation is 2. The van der Waals surface area contributed by atoms with Gasteiger partial charge in [-0.1, -0.05) is 25.7 Å². The second kappa shape index (κ2) is 6.03. The van der Waals surface area contributed by atoms with Gasteiger partial charge in [0.15, 0.2) is 5.89 Å². The molecule has 1 N–H and O–H groups in total. The normalized spacial score (nSPS) is 17.4. The molecule has 0 aliphatic heterocycles. The van der Waals surface area contributed by atoms with Crippen molar-refractivity contribution in [3.63, 3.8) is 0 Å². The predicted molar refractivity (Wildman–Crippen MR) is 69.3 cm³/mol. The summed E-state index contributed by atoms with van der Waals surface area (Å²) >= 11 is 0. The Labute approximate surface area is 108 Å². The van der Waals surface area contributed by atoms with Gasteiger partial charge in [-0.15, -0.1) is 0 Å². The number of hydrogen-bond donors (Lipinski definition) is 1. The van der Waals surface area contributed by atoms with Crippen molar-refractivity contribution in [2.24, 2.45) is 0 Å². The molecule has 1 amide bonds. The molecular weight excluding hydrogens is 228 g/mol. The van der Waals surface area contributed by atoms with Gasteiger partial charge < -0.3 is 9.73 Å². The van der Waals surface area contributed by atoms with Crippen LogP contribution in [-0.4, -0.2) is 16.9 Å². The third-order valence-corrected chi connectivity index (χ3v) is 3.54. The quantitative estimate of drug-likeness (QED) is 0.839. The fourth-order valence-corrected chi connectivity index (χ4v) is 2.59. The molecule has 4 nitrogen and oxygen atoms in total. The van der Waals surface area contributed by atoms with Crippen molar-refractivity contribution in [1.29, 1.82) is 0 Å². The Hall–Kier alpha value is -1.32. The summed E-state index contributed by atoms with van der Waals surface area (Å²) in [6, 6.07) is 0.351. The molecule has 2 rings (SSSR count). The first kappa shape index (κ1) is 13.1. The Morgan fingerprint density at radius 1 is 1.28 bits per heavy atom. The highest BCUT2D eigenvalue weighted by atomic mass is 16.4. The van der Waals surface area contributed by atoms with Gasteiger partial charge in [-0.25, -0.2) is 4.98 Å². The van der Waals surface area contributed by atoms with E-state index in [-0.39, 0.29) is 5.91 Å². The monoisotopic (exact) mass is 250 g/mol. The van der Waals surface area contributed by atoms with Crippen LogP contribution in [0.2, 0.25) is 0 Å². The van der Waals surface area contributed by atoms with Crippen LogP contribution in [0.4, 0.5) is 0 Å². The van der Waals surface area contributed by atoms with Crippen molar-refractivity contribution < 1.29 is 9.21 Å². The van der Waals surface area contributed by atoms with E-state index in [1.54, 1.807) is 6.92 Å². The summed E-state index contributed by atoms with van der Waals surface area (Å²) in [6.45, 7) is 3.68. The summed E-state index contributed by atoms with van der Waals surface area (Å²) in [7, 11) is 0. The average molecular weight is 250 g/mol. The van der Waals surface area contributed by atoms with Crippen LogP contribution in [0.3, 0.4) is 0 Å². The van der Waals surface area contributed by atoms with Gasteiger partial charge in [0.25, 0.3) is 0 Å². The molecule has 0 saturated heterocycles. The molecule has 1 aliphatic rings. The summed E-state index contributed by atoms with van der Waals surface area (Å²) in [4.78, 5) is 16.1. The molecule has 1 fully saturated rings. The maximum absolute atomic E-state index is 12.0. The third-order valence-electron chi connectivity index (χ3n) is 3.54. The van der Waals surface area contributed by atoms with Crippen LogP contribution in [0.25, 0.3) is 0 Å². The summed E-state index contributed by atoms with van der Waals surface area (Å²) in [5.74, 6) is 1.38. The van der Waals surface area contributed by atoms with Crippen LogP contribution in [-0.2, 0) is 11.2 Å². The molecule has 0 spiro atoms. The zero-order valence-corrected chi connectivity index (χ0v) is 11.3. The number of aromatic nitrogens is 1. The molecule has 0 bridgehead atoms. The Morgan fingerprint density at radius 3 is 2.50 bits per heavy atom. The summed E-state index contributed by atoms with van der Waals surface area (Å²) in [6.07, 6.45) is 7.58.